The van der Waals surface area contributed by atoms with Gasteiger partial charge in [0.1, 0.15) is 5.75 Å². The minimum absolute atomic E-state index is 0.00244. The van der Waals surface area contributed by atoms with Gasteiger partial charge in [0.2, 0.25) is 0 Å². The molecule has 0 unspecified atom stereocenters. The molecule has 0 aromatic heterocycles. The second kappa shape index (κ2) is 6.48. The zero-order chi connectivity index (χ0) is 17.3. The van der Waals surface area contributed by atoms with E-state index in [1.807, 2.05) is 18.2 Å². The van der Waals surface area contributed by atoms with Crippen LogP contribution in [0.1, 0.15) is 34.8 Å². The van der Waals surface area contributed by atoms with Gasteiger partial charge < -0.3 is 9.84 Å². The van der Waals surface area contributed by atoms with E-state index in [0.717, 1.165) is 47.4 Å². The minimum atomic E-state index is -4.32. The molecule has 0 saturated carbocycles. The number of rotatable bonds is 3. The summed E-state index contributed by atoms with van der Waals surface area (Å²) in [6, 6.07) is 10.8. The first-order chi connectivity index (χ1) is 11.4. The van der Waals surface area contributed by atoms with Crippen LogP contribution < -0.4 is 4.74 Å². The number of aliphatic hydroxyl groups excluding tert-OH is 1. The van der Waals surface area contributed by atoms with Crippen LogP contribution in [0.5, 0.6) is 5.75 Å². The van der Waals surface area contributed by atoms with Crippen LogP contribution in [-0.4, -0.2) is 12.2 Å². The van der Waals surface area contributed by atoms with Gasteiger partial charge >= 0.3 is 6.18 Å². The van der Waals surface area contributed by atoms with Crippen molar-refractivity contribution in [3.63, 3.8) is 0 Å². The molecule has 0 spiro atoms. The second-order valence-corrected chi connectivity index (χ2v) is 6.21. The van der Waals surface area contributed by atoms with Crippen molar-refractivity contribution in [2.75, 3.05) is 7.11 Å². The summed E-state index contributed by atoms with van der Waals surface area (Å²) in [5.74, 6) is 0.768. The van der Waals surface area contributed by atoms with Crippen molar-refractivity contribution in [1.82, 2.24) is 0 Å². The zero-order valence-corrected chi connectivity index (χ0v) is 13.3. The van der Waals surface area contributed by atoms with Crippen LogP contribution in [0.4, 0.5) is 13.2 Å². The van der Waals surface area contributed by atoms with E-state index in [2.05, 4.69) is 0 Å². The van der Waals surface area contributed by atoms with Crippen LogP contribution >= 0.6 is 0 Å². The van der Waals surface area contributed by atoms with Crippen molar-refractivity contribution in [1.29, 1.82) is 0 Å². The fourth-order valence-electron chi connectivity index (χ4n) is 3.31. The predicted molar refractivity (Wildman–Crippen MR) is 84.9 cm³/mol. The smallest absolute Gasteiger partial charge is 0.416 e. The second-order valence-electron chi connectivity index (χ2n) is 6.21. The highest BCUT2D eigenvalue weighted by molar-refractivity contribution is 5.39. The molecule has 2 nitrogen and oxygen atoms in total. The number of methoxy groups -OCH3 is 1. The molecule has 0 aliphatic heterocycles. The van der Waals surface area contributed by atoms with Crippen molar-refractivity contribution < 1.29 is 23.0 Å². The molecule has 0 radical (unpaired) electrons. The topological polar surface area (TPSA) is 29.5 Å². The molecule has 2 aromatic rings. The Kier molecular flexibility index (Phi) is 4.54. The Balaban J connectivity index is 1.74. The van der Waals surface area contributed by atoms with Gasteiger partial charge in [0.05, 0.1) is 18.8 Å². The van der Waals surface area contributed by atoms with Gasteiger partial charge in [-0.3, -0.25) is 0 Å². The van der Waals surface area contributed by atoms with Crippen molar-refractivity contribution in [2.45, 2.75) is 31.5 Å². The molecule has 0 bridgehead atoms. The number of halogens is 3. The number of benzene rings is 2. The number of hydrogen-bond donors (Lipinski definition) is 1. The Morgan fingerprint density at radius 3 is 2.46 bits per heavy atom. The van der Waals surface area contributed by atoms with Gasteiger partial charge in [-0.2, -0.15) is 13.2 Å². The Morgan fingerprint density at radius 2 is 1.83 bits per heavy atom. The maximum atomic E-state index is 12.6. The largest absolute Gasteiger partial charge is 0.497 e. The molecule has 2 atom stereocenters. The number of hydrogen-bond acceptors (Lipinski definition) is 2. The van der Waals surface area contributed by atoms with E-state index in [1.165, 1.54) is 12.1 Å². The molecular weight excluding hydrogens is 317 g/mol. The highest BCUT2D eigenvalue weighted by atomic mass is 19.4. The van der Waals surface area contributed by atoms with Crippen LogP contribution in [-0.2, 0) is 19.0 Å². The summed E-state index contributed by atoms with van der Waals surface area (Å²) in [7, 11) is 1.61. The highest BCUT2D eigenvalue weighted by Gasteiger charge is 2.31. The molecule has 0 heterocycles. The third-order valence-corrected chi connectivity index (χ3v) is 4.68. The summed E-state index contributed by atoms with van der Waals surface area (Å²) in [5.41, 5.74) is 2.13. The lowest BCUT2D eigenvalue weighted by molar-refractivity contribution is -0.137. The third-order valence-electron chi connectivity index (χ3n) is 4.68. The normalized spacial score (nSPS) is 20.5. The standard InChI is InChI=1S/C19H19F3O2/c1-24-16-8-9-17-13(11-16)4-5-14(18(17)23)10-12-2-6-15(7-3-12)19(20,21)22/h2-3,6-9,11,14,18,23H,4-5,10H2,1H3/t14-,18-/m1/s1. The SMILES string of the molecule is COc1ccc2c(c1)CC[C@H](Cc1ccc(C(F)(F)F)cc1)[C@H]2O. The third kappa shape index (κ3) is 3.41. The Hall–Kier alpha value is -2.01. The number of aryl methyl sites for hydroxylation is 1. The van der Waals surface area contributed by atoms with E-state index >= 15 is 0 Å². The molecule has 1 aliphatic rings. The summed E-state index contributed by atoms with van der Waals surface area (Å²) < 4.78 is 43.1. The molecule has 0 amide bonds. The Bertz CT molecular complexity index is 708. The summed E-state index contributed by atoms with van der Waals surface area (Å²) in [4.78, 5) is 0. The Labute approximate surface area is 138 Å². The van der Waals surface area contributed by atoms with Crippen molar-refractivity contribution in [3.05, 3.63) is 64.7 Å². The van der Waals surface area contributed by atoms with Crippen LogP contribution in [0.25, 0.3) is 0 Å². The van der Waals surface area contributed by atoms with Gasteiger partial charge in [0.15, 0.2) is 0 Å². The van der Waals surface area contributed by atoms with Gasteiger partial charge in [0.25, 0.3) is 0 Å². The maximum absolute atomic E-state index is 12.6. The minimum Gasteiger partial charge on any atom is -0.497 e. The fourth-order valence-corrected chi connectivity index (χ4v) is 3.31. The van der Waals surface area contributed by atoms with E-state index in [9.17, 15) is 18.3 Å². The van der Waals surface area contributed by atoms with E-state index in [4.69, 9.17) is 4.74 Å². The van der Waals surface area contributed by atoms with Crippen LogP contribution in [0, 0.1) is 5.92 Å². The average Bonchev–Trinajstić information content (AvgIpc) is 2.57. The van der Waals surface area contributed by atoms with E-state index < -0.39 is 17.8 Å². The molecule has 0 fully saturated rings. The molecule has 24 heavy (non-hydrogen) atoms. The molecular formula is C19H19F3O2. The molecule has 128 valence electrons. The number of alkyl halides is 3. The quantitative estimate of drug-likeness (QED) is 0.891. The van der Waals surface area contributed by atoms with E-state index in [-0.39, 0.29) is 5.92 Å². The maximum Gasteiger partial charge on any atom is 0.416 e. The van der Waals surface area contributed by atoms with Crippen molar-refractivity contribution in [2.24, 2.45) is 5.92 Å². The van der Waals surface area contributed by atoms with Crippen molar-refractivity contribution in [3.8, 4) is 5.75 Å². The molecule has 2 aromatic carbocycles. The predicted octanol–water partition coefficient (Wildman–Crippen LogP) is 4.55. The fraction of sp³-hybridized carbons (Fsp3) is 0.368. The van der Waals surface area contributed by atoms with E-state index in [0.29, 0.717) is 6.42 Å². The monoisotopic (exact) mass is 336 g/mol. The van der Waals surface area contributed by atoms with Gasteiger partial charge in [0, 0.05) is 0 Å². The number of aliphatic hydroxyl groups is 1. The van der Waals surface area contributed by atoms with Gasteiger partial charge in [-0.1, -0.05) is 18.2 Å². The lowest BCUT2D eigenvalue weighted by Gasteiger charge is -2.30. The molecule has 1 aliphatic carbocycles. The van der Waals surface area contributed by atoms with Crippen LogP contribution in [0.2, 0.25) is 0 Å². The molecule has 3 rings (SSSR count). The summed E-state index contributed by atoms with van der Waals surface area (Å²) >= 11 is 0. The van der Waals surface area contributed by atoms with Gasteiger partial charge in [-0.25, -0.2) is 0 Å². The van der Waals surface area contributed by atoms with Gasteiger partial charge in [-0.15, -0.1) is 0 Å². The summed E-state index contributed by atoms with van der Waals surface area (Å²) in [6.07, 6.45) is -2.75. The zero-order valence-electron chi connectivity index (χ0n) is 13.3. The highest BCUT2D eigenvalue weighted by Crippen LogP contribution is 2.38. The lowest BCUT2D eigenvalue weighted by Crippen LogP contribution is -2.22. The Morgan fingerprint density at radius 1 is 1.12 bits per heavy atom. The van der Waals surface area contributed by atoms with Crippen LogP contribution in [0.3, 0.4) is 0 Å². The average molecular weight is 336 g/mol. The number of fused-ring (bicyclic) bond motifs is 1. The molecule has 1 N–H and O–H groups in total. The lowest BCUT2D eigenvalue weighted by atomic mass is 9.78. The van der Waals surface area contributed by atoms with E-state index in [1.54, 1.807) is 7.11 Å². The van der Waals surface area contributed by atoms with Crippen molar-refractivity contribution >= 4 is 0 Å². The first kappa shape index (κ1) is 16.8. The summed E-state index contributed by atoms with van der Waals surface area (Å²) in [6.45, 7) is 0. The first-order valence-corrected chi connectivity index (χ1v) is 7.89. The summed E-state index contributed by atoms with van der Waals surface area (Å²) in [5, 5.41) is 10.6. The van der Waals surface area contributed by atoms with Gasteiger partial charge in [-0.05, 0) is 66.1 Å². The van der Waals surface area contributed by atoms with Crippen LogP contribution in [0.15, 0.2) is 42.5 Å². The number of ether oxygens (including phenoxy) is 1. The molecule has 0 saturated heterocycles. The molecule has 5 heteroatoms. The first-order valence-electron chi connectivity index (χ1n) is 7.89.